The summed E-state index contributed by atoms with van der Waals surface area (Å²) in [5.41, 5.74) is 2.32. The molecule has 0 bridgehead atoms. The lowest BCUT2D eigenvalue weighted by Crippen LogP contribution is -2.31. The molecule has 1 aromatic rings. The van der Waals surface area contributed by atoms with Crippen LogP contribution in [-0.4, -0.2) is 50.0 Å². The van der Waals surface area contributed by atoms with Crippen molar-refractivity contribution in [3.8, 4) is 0 Å². The molecule has 1 heterocycles. The van der Waals surface area contributed by atoms with Gasteiger partial charge in [0.05, 0.1) is 13.2 Å². The van der Waals surface area contributed by atoms with E-state index in [2.05, 4.69) is 42.0 Å². The summed E-state index contributed by atoms with van der Waals surface area (Å²) < 4.78 is 5.12. The van der Waals surface area contributed by atoms with Gasteiger partial charge in [-0.15, -0.1) is 0 Å². The molecular weight excluding hydrogens is 266 g/mol. The molecule has 0 aliphatic rings. The molecule has 0 unspecified atom stereocenters. The molecule has 2 N–H and O–H groups in total. The standard InChI is InChI=1S/C16H29N3O2/c1-13(2)10-17-11-15-9-14(3)16(18-12-15)19(5-7-20)6-8-21-4/h9,12-13,17,20H,5-8,10-11H2,1-4H3. The van der Waals surface area contributed by atoms with E-state index in [4.69, 9.17) is 4.74 Å². The zero-order valence-electron chi connectivity index (χ0n) is 13.7. The highest BCUT2D eigenvalue weighted by molar-refractivity contribution is 5.47. The summed E-state index contributed by atoms with van der Waals surface area (Å²) in [7, 11) is 1.68. The Balaban J connectivity index is 2.70. The van der Waals surface area contributed by atoms with Gasteiger partial charge >= 0.3 is 0 Å². The summed E-state index contributed by atoms with van der Waals surface area (Å²) in [6, 6.07) is 2.16. The van der Waals surface area contributed by atoms with Crippen LogP contribution in [-0.2, 0) is 11.3 Å². The third-order valence-corrected chi connectivity index (χ3v) is 3.22. The first-order valence-electron chi connectivity index (χ1n) is 7.59. The van der Waals surface area contributed by atoms with Crippen molar-refractivity contribution in [2.75, 3.05) is 44.9 Å². The number of hydrogen-bond acceptors (Lipinski definition) is 5. The fourth-order valence-electron chi connectivity index (χ4n) is 2.20. The van der Waals surface area contributed by atoms with Gasteiger partial charge in [0.25, 0.3) is 0 Å². The number of methoxy groups -OCH3 is 1. The van der Waals surface area contributed by atoms with E-state index in [1.807, 2.05) is 6.20 Å². The minimum Gasteiger partial charge on any atom is -0.395 e. The summed E-state index contributed by atoms with van der Waals surface area (Å²) in [6.45, 7) is 10.3. The summed E-state index contributed by atoms with van der Waals surface area (Å²) >= 11 is 0. The third kappa shape index (κ3) is 6.42. The van der Waals surface area contributed by atoms with E-state index in [1.54, 1.807) is 7.11 Å². The summed E-state index contributed by atoms with van der Waals surface area (Å²) in [5.74, 6) is 1.57. The minimum atomic E-state index is 0.114. The molecule has 0 fully saturated rings. The molecule has 0 spiro atoms. The summed E-state index contributed by atoms with van der Waals surface area (Å²) in [5, 5.41) is 12.6. The number of hydrogen-bond donors (Lipinski definition) is 2. The molecular formula is C16H29N3O2. The molecule has 0 atom stereocenters. The van der Waals surface area contributed by atoms with Gasteiger partial charge < -0.3 is 20.1 Å². The molecule has 0 radical (unpaired) electrons. The number of aryl methyl sites for hydroxylation is 1. The van der Waals surface area contributed by atoms with E-state index in [9.17, 15) is 5.11 Å². The lowest BCUT2D eigenvalue weighted by molar-refractivity contribution is 0.202. The normalized spacial score (nSPS) is 11.1. The lowest BCUT2D eigenvalue weighted by atomic mass is 10.1. The van der Waals surface area contributed by atoms with Gasteiger partial charge in [0, 0.05) is 32.9 Å². The number of ether oxygens (including phenoxy) is 1. The van der Waals surface area contributed by atoms with E-state index < -0.39 is 0 Å². The Morgan fingerprint density at radius 1 is 1.38 bits per heavy atom. The first-order chi connectivity index (χ1) is 10.1. The molecule has 0 aliphatic carbocycles. The number of aliphatic hydroxyl groups is 1. The van der Waals surface area contributed by atoms with Gasteiger partial charge in [-0.3, -0.25) is 0 Å². The number of nitrogens with one attached hydrogen (secondary N) is 1. The van der Waals surface area contributed by atoms with Gasteiger partial charge in [0.1, 0.15) is 5.82 Å². The Kier molecular flexibility index (Phi) is 8.27. The molecule has 0 aliphatic heterocycles. The van der Waals surface area contributed by atoms with Crippen molar-refractivity contribution in [3.05, 3.63) is 23.4 Å². The minimum absolute atomic E-state index is 0.114. The van der Waals surface area contributed by atoms with Crippen molar-refractivity contribution in [2.45, 2.75) is 27.3 Å². The van der Waals surface area contributed by atoms with Crippen molar-refractivity contribution >= 4 is 5.82 Å². The van der Waals surface area contributed by atoms with Gasteiger partial charge in [0.2, 0.25) is 0 Å². The van der Waals surface area contributed by atoms with Crippen molar-refractivity contribution in [1.82, 2.24) is 10.3 Å². The molecule has 0 saturated heterocycles. The second kappa shape index (κ2) is 9.71. The Hall–Kier alpha value is -1.17. The number of rotatable bonds is 10. The molecule has 0 amide bonds. The first-order valence-corrected chi connectivity index (χ1v) is 7.59. The van der Waals surface area contributed by atoms with Gasteiger partial charge in [0.15, 0.2) is 0 Å². The van der Waals surface area contributed by atoms with Crippen LogP contribution in [0.2, 0.25) is 0 Å². The van der Waals surface area contributed by atoms with E-state index in [0.29, 0.717) is 19.1 Å². The van der Waals surface area contributed by atoms with Crippen LogP contribution in [0.5, 0.6) is 0 Å². The predicted molar refractivity (Wildman–Crippen MR) is 86.7 cm³/mol. The van der Waals surface area contributed by atoms with Crippen LogP contribution < -0.4 is 10.2 Å². The Bertz CT molecular complexity index is 411. The largest absolute Gasteiger partial charge is 0.395 e. The average Bonchev–Trinajstić information content (AvgIpc) is 2.43. The van der Waals surface area contributed by atoms with E-state index in [-0.39, 0.29) is 6.61 Å². The maximum Gasteiger partial charge on any atom is 0.131 e. The summed E-state index contributed by atoms with van der Waals surface area (Å²) in [4.78, 5) is 6.63. The van der Waals surface area contributed by atoms with Gasteiger partial charge in [-0.2, -0.15) is 0 Å². The zero-order valence-corrected chi connectivity index (χ0v) is 13.7. The van der Waals surface area contributed by atoms with Crippen LogP contribution in [0.15, 0.2) is 12.3 Å². The lowest BCUT2D eigenvalue weighted by Gasteiger charge is -2.24. The molecule has 5 nitrogen and oxygen atoms in total. The van der Waals surface area contributed by atoms with Crippen molar-refractivity contribution in [2.24, 2.45) is 5.92 Å². The average molecular weight is 295 g/mol. The molecule has 0 saturated carbocycles. The Morgan fingerprint density at radius 3 is 2.71 bits per heavy atom. The van der Waals surface area contributed by atoms with E-state index in [0.717, 1.165) is 31.0 Å². The van der Waals surface area contributed by atoms with Gasteiger partial charge in [-0.25, -0.2) is 4.98 Å². The second-order valence-electron chi connectivity index (χ2n) is 5.71. The van der Waals surface area contributed by atoms with Crippen LogP contribution in [0.4, 0.5) is 5.82 Å². The first kappa shape index (κ1) is 17.9. The smallest absolute Gasteiger partial charge is 0.131 e. The molecule has 21 heavy (non-hydrogen) atoms. The highest BCUT2D eigenvalue weighted by Crippen LogP contribution is 2.17. The van der Waals surface area contributed by atoms with Gasteiger partial charge in [-0.05, 0) is 36.6 Å². The van der Waals surface area contributed by atoms with Crippen molar-refractivity contribution in [1.29, 1.82) is 0 Å². The van der Waals surface area contributed by atoms with Crippen LogP contribution >= 0.6 is 0 Å². The number of aromatic nitrogens is 1. The second-order valence-corrected chi connectivity index (χ2v) is 5.71. The topological polar surface area (TPSA) is 57.6 Å². The van der Waals surface area contributed by atoms with Crippen molar-refractivity contribution < 1.29 is 9.84 Å². The van der Waals surface area contributed by atoms with E-state index in [1.165, 1.54) is 5.56 Å². The molecule has 120 valence electrons. The highest BCUT2D eigenvalue weighted by atomic mass is 16.5. The fourth-order valence-corrected chi connectivity index (χ4v) is 2.20. The van der Waals surface area contributed by atoms with Crippen LogP contribution in [0.1, 0.15) is 25.0 Å². The molecule has 0 aromatic carbocycles. The third-order valence-electron chi connectivity index (χ3n) is 3.22. The van der Waals surface area contributed by atoms with Crippen LogP contribution in [0, 0.1) is 12.8 Å². The molecule has 1 aromatic heterocycles. The molecule has 1 rings (SSSR count). The molecule has 5 heteroatoms. The van der Waals surface area contributed by atoms with E-state index >= 15 is 0 Å². The zero-order chi connectivity index (χ0) is 15.7. The number of nitrogens with zero attached hydrogens (tertiary/aromatic N) is 2. The highest BCUT2D eigenvalue weighted by Gasteiger charge is 2.11. The Labute approximate surface area is 128 Å². The van der Waals surface area contributed by atoms with Crippen molar-refractivity contribution in [3.63, 3.8) is 0 Å². The number of pyridine rings is 1. The number of aliphatic hydroxyl groups excluding tert-OH is 1. The monoisotopic (exact) mass is 295 g/mol. The van der Waals surface area contributed by atoms with Gasteiger partial charge in [-0.1, -0.05) is 13.8 Å². The number of anilines is 1. The summed E-state index contributed by atoms with van der Waals surface area (Å²) in [6.07, 6.45) is 1.91. The van der Waals surface area contributed by atoms with Crippen LogP contribution in [0.3, 0.4) is 0 Å². The van der Waals surface area contributed by atoms with Crippen LogP contribution in [0.25, 0.3) is 0 Å². The SMILES string of the molecule is COCCN(CCO)c1ncc(CNCC(C)C)cc1C. The predicted octanol–water partition coefficient (Wildman–Crippen LogP) is 1.58. The quantitative estimate of drug-likeness (QED) is 0.686. The maximum atomic E-state index is 9.19. The maximum absolute atomic E-state index is 9.19. The fraction of sp³-hybridized carbons (Fsp3) is 0.688. The Morgan fingerprint density at radius 2 is 2.14 bits per heavy atom.